The van der Waals surface area contributed by atoms with Crippen molar-refractivity contribution in [1.82, 2.24) is 9.97 Å². The molecule has 1 saturated carbocycles. The van der Waals surface area contributed by atoms with E-state index in [0.29, 0.717) is 13.2 Å². The van der Waals surface area contributed by atoms with Gasteiger partial charge in [-0.15, -0.1) is 0 Å². The van der Waals surface area contributed by atoms with Gasteiger partial charge in [-0.1, -0.05) is 27.2 Å². The van der Waals surface area contributed by atoms with Crippen molar-refractivity contribution in [3.63, 3.8) is 0 Å². The van der Waals surface area contributed by atoms with Crippen LogP contribution in [0.15, 0.2) is 6.07 Å². The SMILES string of the molecule is COCc1cc(N2C[C@@H]3CCC[C@@]3(C(=O)O)C2)nc(C(C)(C)C)n1. The number of ether oxygens (including phenoxy) is 1. The number of aromatic nitrogens is 2. The molecule has 1 N–H and O–H groups in total. The minimum absolute atomic E-state index is 0.168. The van der Waals surface area contributed by atoms with Crippen molar-refractivity contribution in [2.24, 2.45) is 11.3 Å². The molecule has 132 valence electrons. The van der Waals surface area contributed by atoms with Crippen LogP contribution in [0.5, 0.6) is 0 Å². The number of nitrogens with zero attached hydrogens (tertiary/aromatic N) is 3. The van der Waals surface area contributed by atoms with Crippen LogP contribution in [0.1, 0.15) is 51.6 Å². The van der Waals surface area contributed by atoms with Crippen molar-refractivity contribution in [2.45, 2.75) is 52.1 Å². The van der Waals surface area contributed by atoms with E-state index in [9.17, 15) is 9.90 Å². The zero-order valence-corrected chi connectivity index (χ0v) is 15.0. The van der Waals surface area contributed by atoms with Gasteiger partial charge in [0.05, 0.1) is 17.7 Å². The van der Waals surface area contributed by atoms with Crippen LogP contribution in [0.2, 0.25) is 0 Å². The zero-order chi connectivity index (χ0) is 17.5. The Morgan fingerprint density at radius 3 is 2.79 bits per heavy atom. The summed E-state index contributed by atoms with van der Waals surface area (Å²) in [5, 5.41) is 9.78. The second kappa shape index (κ2) is 5.99. The van der Waals surface area contributed by atoms with E-state index in [1.807, 2.05) is 6.07 Å². The molecule has 0 aromatic carbocycles. The molecule has 1 saturated heterocycles. The number of rotatable bonds is 4. The third kappa shape index (κ3) is 2.88. The molecule has 3 rings (SSSR count). The third-order valence-electron chi connectivity index (χ3n) is 5.35. The topological polar surface area (TPSA) is 75.5 Å². The highest BCUT2D eigenvalue weighted by atomic mass is 16.5. The number of anilines is 1. The summed E-state index contributed by atoms with van der Waals surface area (Å²) in [6.45, 7) is 7.99. The quantitative estimate of drug-likeness (QED) is 0.913. The monoisotopic (exact) mass is 333 g/mol. The standard InChI is InChI=1S/C18H27N3O3/c1-17(2,3)15-19-13(10-24-4)8-14(20-15)21-9-12-6-5-7-18(12,11-21)16(22)23/h8,12H,5-7,9-11H2,1-4H3,(H,22,23)/t12-,18+/m0/s1. The number of carbonyl (C=O) groups is 1. The van der Waals surface area contributed by atoms with Gasteiger partial charge in [-0.05, 0) is 18.8 Å². The second-order valence-electron chi connectivity index (χ2n) is 8.16. The van der Waals surface area contributed by atoms with Crippen LogP contribution >= 0.6 is 0 Å². The highest BCUT2D eigenvalue weighted by Gasteiger charge is 2.55. The second-order valence-corrected chi connectivity index (χ2v) is 8.16. The summed E-state index contributed by atoms with van der Waals surface area (Å²) in [5.41, 5.74) is 0.0706. The lowest BCUT2D eigenvalue weighted by Crippen LogP contribution is -2.36. The minimum atomic E-state index is -0.658. The molecule has 0 amide bonds. The van der Waals surface area contributed by atoms with Crippen LogP contribution in [-0.4, -0.2) is 41.2 Å². The van der Waals surface area contributed by atoms with E-state index < -0.39 is 11.4 Å². The summed E-state index contributed by atoms with van der Waals surface area (Å²) >= 11 is 0. The predicted molar refractivity (Wildman–Crippen MR) is 91.1 cm³/mol. The molecule has 1 aliphatic heterocycles. The predicted octanol–water partition coefficient (Wildman–Crippen LogP) is 2.61. The molecule has 0 spiro atoms. The van der Waals surface area contributed by atoms with Gasteiger partial charge in [-0.25, -0.2) is 9.97 Å². The van der Waals surface area contributed by atoms with Crippen LogP contribution in [0.4, 0.5) is 5.82 Å². The Balaban J connectivity index is 1.95. The van der Waals surface area contributed by atoms with Gasteiger partial charge in [-0.2, -0.15) is 0 Å². The fourth-order valence-corrected chi connectivity index (χ4v) is 4.02. The van der Waals surface area contributed by atoms with Crippen molar-refractivity contribution >= 4 is 11.8 Å². The number of hydrogen-bond acceptors (Lipinski definition) is 5. The molecule has 1 aromatic heterocycles. The van der Waals surface area contributed by atoms with Crippen molar-refractivity contribution in [1.29, 1.82) is 0 Å². The largest absolute Gasteiger partial charge is 0.481 e. The summed E-state index contributed by atoms with van der Waals surface area (Å²) in [5.74, 6) is 1.16. The smallest absolute Gasteiger partial charge is 0.311 e. The van der Waals surface area contributed by atoms with Gasteiger partial charge in [0.25, 0.3) is 0 Å². The minimum Gasteiger partial charge on any atom is -0.481 e. The lowest BCUT2D eigenvalue weighted by molar-refractivity contribution is -0.149. The maximum Gasteiger partial charge on any atom is 0.311 e. The van der Waals surface area contributed by atoms with Crippen molar-refractivity contribution in [2.75, 3.05) is 25.1 Å². The molecule has 1 aliphatic carbocycles. The highest BCUT2D eigenvalue weighted by molar-refractivity contribution is 5.77. The average molecular weight is 333 g/mol. The molecule has 1 aromatic rings. The van der Waals surface area contributed by atoms with Crippen molar-refractivity contribution in [3.05, 3.63) is 17.6 Å². The summed E-state index contributed by atoms with van der Waals surface area (Å²) in [6, 6.07) is 1.94. The number of methoxy groups -OCH3 is 1. The van der Waals surface area contributed by atoms with E-state index >= 15 is 0 Å². The number of aliphatic carboxylic acids is 1. The molecule has 2 fully saturated rings. The van der Waals surface area contributed by atoms with Gasteiger partial charge in [0.1, 0.15) is 11.6 Å². The first kappa shape index (κ1) is 17.1. The van der Waals surface area contributed by atoms with E-state index in [1.165, 1.54) is 0 Å². The van der Waals surface area contributed by atoms with Crippen molar-refractivity contribution < 1.29 is 14.6 Å². The van der Waals surface area contributed by atoms with E-state index in [0.717, 1.165) is 43.1 Å². The summed E-state index contributed by atoms with van der Waals surface area (Å²) in [4.78, 5) is 23.4. The Kier molecular flexibility index (Phi) is 4.28. The van der Waals surface area contributed by atoms with Crippen LogP contribution < -0.4 is 4.90 Å². The fourth-order valence-electron chi connectivity index (χ4n) is 4.02. The van der Waals surface area contributed by atoms with Crippen LogP contribution in [-0.2, 0) is 21.6 Å². The van der Waals surface area contributed by atoms with Crippen LogP contribution in [0, 0.1) is 11.3 Å². The first-order valence-electron chi connectivity index (χ1n) is 8.62. The summed E-state index contributed by atoms with van der Waals surface area (Å²) in [6.07, 6.45) is 2.77. The first-order chi connectivity index (χ1) is 11.3. The molecule has 24 heavy (non-hydrogen) atoms. The van der Waals surface area contributed by atoms with E-state index in [1.54, 1.807) is 7.11 Å². The molecule has 6 nitrogen and oxygen atoms in total. The van der Waals surface area contributed by atoms with E-state index in [-0.39, 0.29) is 11.3 Å². The number of fused-ring (bicyclic) bond motifs is 1. The van der Waals surface area contributed by atoms with Gasteiger partial charge >= 0.3 is 5.97 Å². The molecule has 0 radical (unpaired) electrons. The molecule has 0 unspecified atom stereocenters. The van der Waals surface area contributed by atoms with Gasteiger partial charge in [0, 0.05) is 31.7 Å². The molecule has 0 bridgehead atoms. The maximum atomic E-state index is 11.9. The number of carboxylic acids is 1. The highest BCUT2D eigenvalue weighted by Crippen LogP contribution is 2.49. The van der Waals surface area contributed by atoms with Gasteiger partial charge in [0.15, 0.2) is 0 Å². The Hall–Kier alpha value is -1.69. The van der Waals surface area contributed by atoms with E-state index in [2.05, 4.69) is 30.7 Å². The molecule has 2 heterocycles. The van der Waals surface area contributed by atoms with Crippen LogP contribution in [0.3, 0.4) is 0 Å². The molecular weight excluding hydrogens is 306 g/mol. The Morgan fingerprint density at radius 2 is 2.21 bits per heavy atom. The number of hydrogen-bond donors (Lipinski definition) is 1. The molecular formula is C18H27N3O3. The summed E-state index contributed by atoms with van der Waals surface area (Å²) in [7, 11) is 1.65. The molecule has 2 aliphatic rings. The molecule has 6 heteroatoms. The molecule has 2 atom stereocenters. The lowest BCUT2D eigenvalue weighted by Gasteiger charge is -2.25. The Bertz CT molecular complexity index is 641. The maximum absolute atomic E-state index is 11.9. The number of carboxylic acid groups (broad SMARTS) is 1. The first-order valence-corrected chi connectivity index (χ1v) is 8.62. The van der Waals surface area contributed by atoms with Crippen molar-refractivity contribution in [3.8, 4) is 0 Å². The van der Waals surface area contributed by atoms with Crippen LogP contribution in [0.25, 0.3) is 0 Å². The Morgan fingerprint density at radius 1 is 1.46 bits per heavy atom. The van der Waals surface area contributed by atoms with Gasteiger partial charge < -0.3 is 14.7 Å². The Labute approximate surface area is 143 Å². The van der Waals surface area contributed by atoms with E-state index in [4.69, 9.17) is 9.72 Å². The average Bonchev–Trinajstić information content (AvgIpc) is 3.04. The fraction of sp³-hybridized carbons (Fsp3) is 0.722. The lowest BCUT2D eigenvalue weighted by atomic mass is 9.81. The normalized spacial score (nSPS) is 26.7. The summed E-state index contributed by atoms with van der Waals surface area (Å²) < 4.78 is 5.24. The third-order valence-corrected chi connectivity index (χ3v) is 5.35. The zero-order valence-electron chi connectivity index (χ0n) is 15.0. The van der Waals surface area contributed by atoms with Gasteiger partial charge in [-0.3, -0.25) is 4.79 Å². The van der Waals surface area contributed by atoms with Gasteiger partial charge in [0.2, 0.25) is 0 Å².